The Morgan fingerprint density at radius 3 is 1.49 bits per heavy atom. The average Bonchev–Trinajstić information content (AvgIpc) is 3.91. The second kappa shape index (κ2) is 11.9. The Morgan fingerprint density at radius 1 is 0.447 bits per heavy atom. The summed E-state index contributed by atoms with van der Waals surface area (Å²) in [5, 5.41) is 2.58. The van der Waals surface area contributed by atoms with Gasteiger partial charge in [-0.25, -0.2) is 0 Å². The SMILES string of the molecule is C1=CCCC(c2ccc3c(c2)c2cc(-c4ccc(-c5ccccc5)s4)ccc2n3-c2ccc(-c3ccc(-c4ccccc4)s3)cc2)=C1. The van der Waals surface area contributed by atoms with Crippen LogP contribution in [-0.2, 0) is 0 Å². The summed E-state index contributed by atoms with van der Waals surface area (Å²) in [6.45, 7) is 0. The van der Waals surface area contributed by atoms with Gasteiger partial charge in [-0.1, -0.05) is 103 Å². The second-order valence-corrected chi connectivity index (χ2v) is 14.2. The van der Waals surface area contributed by atoms with Crippen molar-refractivity contribution in [1.82, 2.24) is 4.57 Å². The van der Waals surface area contributed by atoms with Crippen LogP contribution in [0.25, 0.3) is 74.8 Å². The number of hydrogen-bond donors (Lipinski definition) is 0. The summed E-state index contributed by atoms with van der Waals surface area (Å²) in [5.41, 5.74) is 11.4. The van der Waals surface area contributed by atoms with E-state index in [0.29, 0.717) is 0 Å². The van der Waals surface area contributed by atoms with Crippen molar-refractivity contribution < 1.29 is 0 Å². The van der Waals surface area contributed by atoms with Crippen LogP contribution < -0.4 is 0 Å². The minimum absolute atomic E-state index is 1.08. The van der Waals surface area contributed by atoms with Gasteiger partial charge < -0.3 is 4.57 Å². The molecular weight excluding hydrogens is 607 g/mol. The van der Waals surface area contributed by atoms with Crippen LogP contribution >= 0.6 is 22.7 Å². The monoisotopic (exact) mass is 637 g/mol. The molecule has 3 heterocycles. The molecular formula is C44H31NS2. The highest BCUT2D eigenvalue weighted by Gasteiger charge is 2.16. The Kier molecular flexibility index (Phi) is 7.07. The molecule has 1 aliphatic carbocycles. The molecule has 0 N–H and O–H groups in total. The molecule has 0 radical (unpaired) electrons. The van der Waals surface area contributed by atoms with E-state index in [4.69, 9.17) is 0 Å². The predicted molar refractivity (Wildman–Crippen MR) is 205 cm³/mol. The maximum Gasteiger partial charge on any atom is 0.0541 e. The summed E-state index contributed by atoms with van der Waals surface area (Å²) in [6.07, 6.45) is 8.91. The van der Waals surface area contributed by atoms with Gasteiger partial charge in [-0.05, 0) is 107 Å². The number of hydrogen-bond acceptors (Lipinski definition) is 2. The lowest BCUT2D eigenvalue weighted by atomic mass is 9.96. The van der Waals surface area contributed by atoms with Gasteiger partial charge >= 0.3 is 0 Å². The van der Waals surface area contributed by atoms with Gasteiger partial charge in [0, 0.05) is 36.0 Å². The van der Waals surface area contributed by atoms with E-state index in [0.717, 1.165) is 12.8 Å². The van der Waals surface area contributed by atoms with Crippen molar-refractivity contribution in [2.24, 2.45) is 0 Å². The molecule has 0 saturated carbocycles. The second-order valence-electron chi connectivity index (χ2n) is 12.1. The molecule has 1 nitrogen and oxygen atoms in total. The molecule has 1 aliphatic rings. The summed E-state index contributed by atoms with van der Waals surface area (Å²) in [6, 6.07) is 53.5. The zero-order valence-electron chi connectivity index (χ0n) is 25.8. The summed E-state index contributed by atoms with van der Waals surface area (Å²) in [5.74, 6) is 0. The molecule has 224 valence electrons. The van der Waals surface area contributed by atoms with Crippen LogP contribution in [0.4, 0.5) is 0 Å². The number of aromatic nitrogens is 1. The lowest BCUT2D eigenvalue weighted by molar-refractivity contribution is 1.05. The number of benzene rings is 5. The molecule has 0 atom stereocenters. The molecule has 5 aromatic carbocycles. The Balaban J connectivity index is 1.15. The molecule has 0 amide bonds. The van der Waals surface area contributed by atoms with Crippen LogP contribution in [-0.4, -0.2) is 4.57 Å². The molecule has 0 fully saturated rings. The first-order valence-corrected chi connectivity index (χ1v) is 17.8. The van der Waals surface area contributed by atoms with E-state index in [1.165, 1.54) is 80.4 Å². The summed E-state index contributed by atoms with van der Waals surface area (Å²) in [4.78, 5) is 5.17. The van der Waals surface area contributed by atoms with Gasteiger partial charge in [-0.3, -0.25) is 0 Å². The summed E-state index contributed by atoms with van der Waals surface area (Å²) < 4.78 is 2.44. The first-order chi connectivity index (χ1) is 23.3. The fourth-order valence-electron chi connectivity index (χ4n) is 6.77. The minimum Gasteiger partial charge on any atom is -0.309 e. The van der Waals surface area contributed by atoms with Gasteiger partial charge in [0.15, 0.2) is 0 Å². The van der Waals surface area contributed by atoms with Gasteiger partial charge in [0.2, 0.25) is 0 Å². The molecule has 3 heteroatoms. The van der Waals surface area contributed by atoms with Gasteiger partial charge in [-0.15, -0.1) is 22.7 Å². The molecule has 9 rings (SSSR count). The van der Waals surface area contributed by atoms with Crippen LogP contribution in [0, 0.1) is 0 Å². The summed E-state index contributed by atoms with van der Waals surface area (Å²) >= 11 is 3.71. The maximum atomic E-state index is 2.44. The van der Waals surface area contributed by atoms with Gasteiger partial charge in [0.1, 0.15) is 0 Å². The average molecular weight is 638 g/mol. The van der Waals surface area contributed by atoms with E-state index in [9.17, 15) is 0 Å². The predicted octanol–water partition coefficient (Wildman–Crippen LogP) is 13.3. The number of fused-ring (bicyclic) bond motifs is 3. The van der Waals surface area contributed by atoms with E-state index in [2.05, 4.69) is 168 Å². The number of rotatable bonds is 6. The van der Waals surface area contributed by atoms with Crippen molar-refractivity contribution >= 4 is 50.1 Å². The molecule has 0 aliphatic heterocycles. The number of thiophene rings is 2. The van der Waals surface area contributed by atoms with Crippen LogP contribution in [0.15, 0.2) is 164 Å². The number of allylic oxidation sites excluding steroid dienone is 4. The van der Waals surface area contributed by atoms with Crippen molar-refractivity contribution in [2.45, 2.75) is 12.8 Å². The molecule has 8 aromatic rings. The lowest BCUT2D eigenvalue weighted by Gasteiger charge is -2.11. The largest absolute Gasteiger partial charge is 0.309 e. The Labute approximate surface area is 283 Å². The topological polar surface area (TPSA) is 4.93 Å². The van der Waals surface area contributed by atoms with Crippen molar-refractivity contribution in [3.63, 3.8) is 0 Å². The first kappa shape index (κ1) is 28.0. The van der Waals surface area contributed by atoms with E-state index in [1.807, 2.05) is 22.7 Å². The first-order valence-electron chi connectivity index (χ1n) is 16.1. The van der Waals surface area contributed by atoms with Crippen LogP contribution in [0.2, 0.25) is 0 Å². The minimum atomic E-state index is 1.08. The molecule has 0 saturated heterocycles. The van der Waals surface area contributed by atoms with Crippen LogP contribution in [0.5, 0.6) is 0 Å². The zero-order chi connectivity index (χ0) is 31.2. The summed E-state index contributed by atoms with van der Waals surface area (Å²) in [7, 11) is 0. The van der Waals surface area contributed by atoms with Crippen molar-refractivity contribution in [3.8, 4) is 47.4 Å². The third-order valence-electron chi connectivity index (χ3n) is 9.17. The number of nitrogens with zero attached hydrogens (tertiary/aromatic N) is 1. The molecule has 47 heavy (non-hydrogen) atoms. The van der Waals surface area contributed by atoms with Gasteiger partial charge in [0.05, 0.1) is 11.0 Å². The fourth-order valence-corrected chi connectivity index (χ4v) is 8.80. The molecule has 0 spiro atoms. The van der Waals surface area contributed by atoms with Crippen molar-refractivity contribution in [1.29, 1.82) is 0 Å². The van der Waals surface area contributed by atoms with Crippen LogP contribution in [0.1, 0.15) is 18.4 Å². The smallest absolute Gasteiger partial charge is 0.0541 e. The van der Waals surface area contributed by atoms with Crippen LogP contribution in [0.3, 0.4) is 0 Å². The highest BCUT2D eigenvalue weighted by molar-refractivity contribution is 7.19. The van der Waals surface area contributed by atoms with Gasteiger partial charge in [0.25, 0.3) is 0 Å². The Bertz CT molecular complexity index is 2430. The fraction of sp³-hybridized carbons (Fsp3) is 0.0455. The van der Waals surface area contributed by atoms with E-state index >= 15 is 0 Å². The third-order valence-corrected chi connectivity index (χ3v) is 11.5. The third kappa shape index (κ3) is 5.18. The van der Waals surface area contributed by atoms with Gasteiger partial charge in [-0.2, -0.15) is 0 Å². The standard InChI is InChI=1S/C44H31NS2/c1-4-10-30(11-5-1)34-18-22-39-37(28-34)38-29-35(44-27-26-42(47-44)32-14-8-3-9-15-32)19-23-40(38)45(39)36-20-16-33(17-21-36)43-25-24-41(46-43)31-12-6-2-7-13-31/h1-4,6-10,12-29H,5,11H2. The van der Waals surface area contributed by atoms with E-state index < -0.39 is 0 Å². The lowest BCUT2D eigenvalue weighted by Crippen LogP contribution is -1.94. The Hall–Kier alpha value is -5.22. The van der Waals surface area contributed by atoms with E-state index in [-0.39, 0.29) is 0 Å². The molecule has 3 aromatic heterocycles. The highest BCUT2D eigenvalue weighted by Crippen LogP contribution is 2.41. The highest BCUT2D eigenvalue weighted by atomic mass is 32.1. The quantitative estimate of drug-likeness (QED) is 0.171. The van der Waals surface area contributed by atoms with Crippen molar-refractivity contribution in [3.05, 3.63) is 169 Å². The molecule has 0 bridgehead atoms. The molecule has 0 unspecified atom stereocenters. The Morgan fingerprint density at radius 2 is 0.936 bits per heavy atom. The van der Waals surface area contributed by atoms with E-state index in [1.54, 1.807) is 0 Å². The van der Waals surface area contributed by atoms with Crippen molar-refractivity contribution in [2.75, 3.05) is 0 Å². The zero-order valence-corrected chi connectivity index (χ0v) is 27.4. The maximum absolute atomic E-state index is 2.44. The normalized spacial score (nSPS) is 13.0.